The number of fused-ring (bicyclic) bond motifs is 1. The van der Waals surface area contributed by atoms with E-state index in [2.05, 4.69) is 64.3 Å². The van der Waals surface area contributed by atoms with Crippen molar-refractivity contribution in [1.82, 2.24) is 14.4 Å². The number of carbonyl (C=O) groups is 1. The van der Waals surface area contributed by atoms with Crippen LogP contribution in [0, 0.1) is 11.8 Å². The van der Waals surface area contributed by atoms with Crippen molar-refractivity contribution >= 4 is 11.6 Å². The highest BCUT2D eigenvalue weighted by Crippen LogP contribution is 2.43. The van der Waals surface area contributed by atoms with Gasteiger partial charge in [-0.2, -0.15) is 0 Å². The summed E-state index contributed by atoms with van der Waals surface area (Å²) in [4.78, 5) is 16.9. The topological polar surface area (TPSA) is 37.7 Å². The van der Waals surface area contributed by atoms with E-state index in [1.165, 1.54) is 16.7 Å². The predicted octanol–water partition coefficient (Wildman–Crippen LogP) is 3.52. The van der Waals surface area contributed by atoms with Crippen molar-refractivity contribution in [2.45, 2.75) is 19.4 Å². The molecule has 2 atom stereocenters. The summed E-state index contributed by atoms with van der Waals surface area (Å²) in [5.41, 5.74) is 4.13. The van der Waals surface area contributed by atoms with Crippen molar-refractivity contribution in [3.8, 4) is 0 Å². The first-order valence-electron chi connectivity index (χ1n) is 10.8. The van der Waals surface area contributed by atoms with E-state index >= 15 is 0 Å². The monoisotopic (exact) mass is 391 g/mol. The third-order valence-electron chi connectivity index (χ3n) is 6.65. The zero-order valence-corrected chi connectivity index (χ0v) is 16.9. The average Bonchev–Trinajstić information content (AvgIpc) is 3.50. The Bertz CT molecular complexity index is 866. The minimum Gasteiger partial charge on any atom is -0.378 e. The van der Waals surface area contributed by atoms with Crippen LogP contribution in [0.4, 0.5) is 4.79 Å². The molecule has 1 aromatic carbocycles. The van der Waals surface area contributed by atoms with E-state index in [0.717, 1.165) is 45.6 Å². The maximum atomic E-state index is 12.9. The largest absolute Gasteiger partial charge is 0.378 e. The van der Waals surface area contributed by atoms with Crippen molar-refractivity contribution in [2.24, 2.45) is 11.8 Å². The Kier molecular flexibility index (Phi) is 5.15. The molecular weight excluding hydrogens is 362 g/mol. The molecule has 2 unspecified atom stereocenters. The Balaban J connectivity index is 1.21. The molecule has 2 fully saturated rings. The number of likely N-dealkylation sites (tertiary alicyclic amines) is 1. The van der Waals surface area contributed by atoms with Crippen LogP contribution in [-0.4, -0.2) is 59.8 Å². The van der Waals surface area contributed by atoms with Crippen LogP contribution in [-0.2, 0) is 17.7 Å². The molecule has 29 heavy (non-hydrogen) atoms. The number of aromatic nitrogens is 1. The third-order valence-corrected chi connectivity index (χ3v) is 6.65. The van der Waals surface area contributed by atoms with Gasteiger partial charge in [0.05, 0.1) is 13.2 Å². The first-order valence-corrected chi connectivity index (χ1v) is 10.8. The van der Waals surface area contributed by atoms with E-state index in [-0.39, 0.29) is 6.03 Å². The number of allylic oxidation sites excluding steroid dienone is 1. The second-order valence-electron chi connectivity index (χ2n) is 8.42. The van der Waals surface area contributed by atoms with Crippen LogP contribution in [0.5, 0.6) is 0 Å². The molecule has 0 bridgehead atoms. The highest BCUT2D eigenvalue weighted by atomic mass is 16.5. The lowest BCUT2D eigenvalue weighted by Gasteiger charge is -2.31. The SMILES string of the molecule is O=C(N1CCOCC1)N1CC2CC=C(c3ccc(CCn4cccc4)cc3)C2C1. The Morgan fingerprint density at radius 3 is 2.52 bits per heavy atom. The molecule has 0 spiro atoms. The summed E-state index contributed by atoms with van der Waals surface area (Å²) in [6.07, 6.45) is 8.76. The number of hydrogen-bond donors (Lipinski definition) is 0. The Morgan fingerprint density at radius 1 is 1.00 bits per heavy atom. The molecule has 0 N–H and O–H groups in total. The number of rotatable bonds is 4. The lowest BCUT2D eigenvalue weighted by atomic mass is 9.90. The van der Waals surface area contributed by atoms with Gasteiger partial charge in [-0.25, -0.2) is 4.79 Å². The molecule has 1 aliphatic carbocycles. The first kappa shape index (κ1) is 18.5. The van der Waals surface area contributed by atoms with E-state index in [1.54, 1.807) is 0 Å². The lowest BCUT2D eigenvalue weighted by Crippen LogP contribution is -2.47. The van der Waals surface area contributed by atoms with Crippen LogP contribution in [0.1, 0.15) is 17.5 Å². The Labute approximate surface area is 172 Å². The summed E-state index contributed by atoms with van der Waals surface area (Å²) < 4.78 is 7.61. The summed E-state index contributed by atoms with van der Waals surface area (Å²) >= 11 is 0. The standard InChI is InChI=1S/C24H29N3O2/c28-24(26-13-15-29-16-14-26)27-17-21-7-8-22(23(21)18-27)20-5-3-19(4-6-20)9-12-25-10-1-2-11-25/h1-6,8,10-11,21,23H,7,9,12-18H2. The van der Waals surface area contributed by atoms with Gasteiger partial charge in [-0.05, 0) is 47.6 Å². The average molecular weight is 392 g/mol. The highest BCUT2D eigenvalue weighted by Gasteiger charge is 2.41. The van der Waals surface area contributed by atoms with E-state index in [0.29, 0.717) is 25.0 Å². The number of benzene rings is 1. The molecule has 3 aliphatic rings. The van der Waals surface area contributed by atoms with Gasteiger partial charge in [0, 0.05) is 51.0 Å². The van der Waals surface area contributed by atoms with Gasteiger partial charge in [-0.15, -0.1) is 0 Å². The Hall–Kier alpha value is -2.53. The molecular formula is C24H29N3O2. The zero-order valence-electron chi connectivity index (χ0n) is 16.9. The quantitative estimate of drug-likeness (QED) is 0.800. The van der Waals surface area contributed by atoms with Crippen molar-refractivity contribution in [1.29, 1.82) is 0 Å². The number of hydrogen-bond acceptors (Lipinski definition) is 2. The van der Waals surface area contributed by atoms with E-state index in [4.69, 9.17) is 4.74 Å². The fourth-order valence-electron chi connectivity index (χ4n) is 4.98. The van der Waals surface area contributed by atoms with Gasteiger partial charge >= 0.3 is 6.03 Å². The normalized spacial score (nSPS) is 23.9. The lowest BCUT2D eigenvalue weighted by molar-refractivity contribution is 0.0448. The fourth-order valence-corrected chi connectivity index (χ4v) is 4.98. The van der Waals surface area contributed by atoms with Crippen LogP contribution in [0.2, 0.25) is 0 Å². The van der Waals surface area contributed by atoms with Gasteiger partial charge < -0.3 is 19.1 Å². The van der Waals surface area contributed by atoms with Crippen LogP contribution in [0.3, 0.4) is 0 Å². The molecule has 1 aromatic heterocycles. The second kappa shape index (κ2) is 8.07. The number of urea groups is 1. The molecule has 5 rings (SSSR count). The Morgan fingerprint density at radius 2 is 1.76 bits per heavy atom. The zero-order chi connectivity index (χ0) is 19.6. The van der Waals surface area contributed by atoms with Crippen LogP contribution >= 0.6 is 0 Å². The van der Waals surface area contributed by atoms with Crippen molar-refractivity contribution in [3.63, 3.8) is 0 Å². The maximum Gasteiger partial charge on any atom is 0.320 e. The van der Waals surface area contributed by atoms with Gasteiger partial charge in [-0.3, -0.25) is 0 Å². The number of morpholine rings is 1. The first-order chi connectivity index (χ1) is 14.3. The molecule has 5 nitrogen and oxygen atoms in total. The summed E-state index contributed by atoms with van der Waals surface area (Å²) in [6.45, 7) is 5.51. The van der Waals surface area contributed by atoms with Crippen LogP contribution in [0.25, 0.3) is 5.57 Å². The van der Waals surface area contributed by atoms with Crippen LogP contribution < -0.4 is 0 Å². The third kappa shape index (κ3) is 3.84. The molecule has 152 valence electrons. The molecule has 2 saturated heterocycles. The van der Waals surface area contributed by atoms with E-state index in [9.17, 15) is 4.79 Å². The second-order valence-corrected chi connectivity index (χ2v) is 8.42. The van der Waals surface area contributed by atoms with E-state index in [1.807, 2.05) is 4.90 Å². The molecule has 3 heterocycles. The minimum absolute atomic E-state index is 0.197. The highest BCUT2D eigenvalue weighted by molar-refractivity contribution is 5.77. The van der Waals surface area contributed by atoms with E-state index < -0.39 is 0 Å². The molecule has 2 amide bonds. The predicted molar refractivity (Wildman–Crippen MR) is 114 cm³/mol. The number of amides is 2. The van der Waals surface area contributed by atoms with Crippen molar-refractivity contribution in [2.75, 3.05) is 39.4 Å². The smallest absolute Gasteiger partial charge is 0.320 e. The minimum atomic E-state index is 0.197. The number of carbonyl (C=O) groups excluding carboxylic acids is 1. The number of aryl methyl sites for hydroxylation is 2. The summed E-state index contributed by atoms with van der Waals surface area (Å²) in [5.74, 6) is 1.05. The maximum absolute atomic E-state index is 12.9. The van der Waals surface area contributed by atoms with Crippen LogP contribution in [0.15, 0.2) is 54.9 Å². The summed E-state index contributed by atoms with van der Waals surface area (Å²) in [7, 11) is 0. The number of nitrogens with zero attached hydrogens (tertiary/aromatic N) is 3. The van der Waals surface area contributed by atoms with Gasteiger partial charge in [0.15, 0.2) is 0 Å². The summed E-state index contributed by atoms with van der Waals surface area (Å²) in [5, 5.41) is 0. The van der Waals surface area contributed by atoms with Gasteiger partial charge in [0.25, 0.3) is 0 Å². The van der Waals surface area contributed by atoms with Gasteiger partial charge in [-0.1, -0.05) is 30.3 Å². The number of ether oxygens (including phenoxy) is 1. The molecule has 2 aromatic rings. The van der Waals surface area contributed by atoms with Gasteiger partial charge in [0.1, 0.15) is 0 Å². The fraction of sp³-hybridized carbons (Fsp3) is 0.458. The van der Waals surface area contributed by atoms with Crippen molar-refractivity contribution < 1.29 is 9.53 Å². The molecule has 2 aliphatic heterocycles. The summed E-state index contributed by atoms with van der Waals surface area (Å²) in [6, 6.07) is 13.4. The van der Waals surface area contributed by atoms with Crippen molar-refractivity contribution in [3.05, 3.63) is 66.0 Å². The molecule has 0 saturated carbocycles. The molecule has 5 heteroatoms. The molecule has 0 radical (unpaired) electrons. The van der Waals surface area contributed by atoms with Gasteiger partial charge in [0.2, 0.25) is 0 Å².